The lowest BCUT2D eigenvalue weighted by Gasteiger charge is -2.12. The SMILES string of the molecule is C#CCOc1ccc(Br)cc1CNc1cnc(Cl)c(C)c1. The van der Waals surface area contributed by atoms with Crippen molar-refractivity contribution in [2.45, 2.75) is 13.5 Å². The van der Waals surface area contributed by atoms with E-state index in [4.69, 9.17) is 22.8 Å². The van der Waals surface area contributed by atoms with E-state index in [0.717, 1.165) is 27.0 Å². The van der Waals surface area contributed by atoms with Gasteiger partial charge in [-0.15, -0.1) is 6.42 Å². The van der Waals surface area contributed by atoms with Gasteiger partial charge in [0.05, 0.1) is 11.9 Å². The molecule has 2 aromatic rings. The number of nitrogens with zero attached hydrogens (tertiary/aromatic N) is 1. The van der Waals surface area contributed by atoms with Crippen LogP contribution < -0.4 is 10.1 Å². The van der Waals surface area contributed by atoms with Crippen LogP contribution in [-0.4, -0.2) is 11.6 Å². The zero-order valence-corrected chi connectivity index (χ0v) is 13.8. The third kappa shape index (κ3) is 4.38. The Kier molecular flexibility index (Phi) is 5.49. The van der Waals surface area contributed by atoms with Gasteiger partial charge in [-0.2, -0.15) is 0 Å². The van der Waals surface area contributed by atoms with Gasteiger partial charge in [0.1, 0.15) is 17.5 Å². The molecule has 0 amide bonds. The molecule has 2 rings (SSSR count). The van der Waals surface area contributed by atoms with E-state index >= 15 is 0 Å². The Bertz CT molecular complexity index is 682. The lowest BCUT2D eigenvalue weighted by Crippen LogP contribution is -2.04. The molecule has 1 N–H and O–H groups in total. The molecule has 0 saturated heterocycles. The first-order valence-corrected chi connectivity index (χ1v) is 7.48. The number of ether oxygens (including phenoxy) is 1. The second kappa shape index (κ2) is 7.35. The highest BCUT2D eigenvalue weighted by Crippen LogP contribution is 2.25. The van der Waals surface area contributed by atoms with E-state index in [-0.39, 0.29) is 6.61 Å². The third-order valence-electron chi connectivity index (χ3n) is 2.83. The average molecular weight is 366 g/mol. The first-order chi connectivity index (χ1) is 10.1. The minimum Gasteiger partial charge on any atom is -0.481 e. The number of hydrogen-bond donors (Lipinski definition) is 1. The van der Waals surface area contributed by atoms with Crippen LogP contribution in [-0.2, 0) is 6.54 Å². The van der Waals surface area contributed by atoms with Gasteiger partial charge in [-0.25, -0.2) is 4.98 Å². The fourth-order valence-corrected chi connectivity index (χ4v) is 2.31. The fraction of sp³-hybridized carbons (Fsp3) is 0.188. The Hall–Kier alpha value is -1.70. The van der Waals surface area contributed by atoms with Crippen molar-refractivity contribution in [1.82, 2.24) is 4.98 Å². The molecule has 21 heavy (non-hydrogen) atoms. The highest BCUT2D eigenvalue weighted by molar-refractivity contribution is 9.10. The fourth-order valence-electron chi connectivity index (χ4n) is 1.80. The van der Waals surface area contributed by atoms with E-state index in [1.54, 1.807) is 6.20 Å². The number of aryl methyl sites for hydroxylation is 1. The smallest absolute Gasteiger partial charge is 0.148 e. The number of benzene rings is 1. The first kappa shape index (κ1) is 15.7. The van der Waals surface area contributed by atoms with Gasteiger partial charge in [-0.3, -0.25) is 0 Å². The maximum absolute atomic E-state index is 5.92. The van der Waals surface area contributed by atoms with Crippen LogP contribution in [0.5, 0.6) is 5.75 Å². The number of hydrogen-bond acceptors (Lipinski definition) is 3. The topological polar surface area (TPSA) is 34.1 Å². The van der Waals surface area contributed by atoms with Gasteiger partial charge in [0.25, 0.3) is 0 Å². The number of halogens is 2. The highest BCUT2D eigenvalue weighted by Gasteiger charge is 2.05. The number of anilines is 1. The van der Waals surface area contributed by atoms with Crippen LogP contribution in [0.1, 0.15) is 11.1 Å². The molecule has 108 valence electrons. The van der Waals surface area contributed by atoms with E-state index in [1.807, 2.05) is 31.2 Å². The quantitative estimate of drug-likeness (QED) is 0.629. The maximum atomic E-state index is 5.92. The molecular formula is C16H14BrClN2O. The average Bonchev–Trinajstić information content (AvgIpc) is 2.47. The van der Waals surface area contributed by atoms with Crippen LogP contribution in [0.3, 0.4) is 0 Å². The van der Waals surface area contributed by atoms with Crippen LogP contribution in [0.25, 0.3) is 0 Å². The standard InChI is InChI=1S/C16H14BrClN2O/c1-3-6-21-15-5-4-13(17)8-12(15)9-19-14-7-11(2)16(18)20-10-14/h1,4-5,7-8,10,19H,6,9H2,2H3. The van der Waals surface area contributed by atoms with Crippen molar-refractivity contribution in [2.24, 2.45) is 0 Å². The lowest BCUT2D eigenvalue weighted by molar-refractivity contribution is 0.366. The number of terminal acetylenes is 1. The largest absolute Gasteiger partial charge is 0.481 e. The monoisotopic (exact) mass is 364 g/mol. The predicted octanol–water partition coefficient (Wildman–Crippen LogP) is 4.43. The Morgan fingerprint density at radius 2 is 2.24 bits per heavy atom. The molecule has 0 unspecified atom stereocenters. The zero-order valence-electron chi connectivity index (χ0n) is 11.5. The van der Waals surface area contributed by atoms with Crippen molar-refractivity contribution < 1.29 is 4.74 Å². The summed E-state index contributed by atoms with van der Waals surface area (Å²) < 4.78 is 6.52. The van der Waals surface area contributed by atoms with Crippen molar-refractivity contribution in [1.29, 1.82) is 0 Å². The molecular weight excluding hydrogens is 352 g/mol. The van der Waals surface area contributed by atoms with E-state index in [1.165, 1.54) is 0 Å². The summed E-state index contributed by atoms with van der Waals surface area (Å²) in [5.74, 6) is 3.23. The van der Waals surface area contributed by atoms with Crippen molar-refractivity contribution in [3.05, 3.63) is 51.2 Å². The molecule has 0 radical (unpaired) electrons. The summed E-state index contributed by atoms with van der Waals surface area (Å²) in [6, 6.07) is 7.76. The van der Waals surface area contributed by atoms with Crippen molar-refractivity contribution in [2.75, 3.05) is 11.9 Å². The summed E-state index contributed by atoms with van der Waals surface area (Å²) in [5.41, 5.74) is 2.84. The van der Waals surface area contributed by atoms with Gasteiger partial charge in [0.2, 0.25) is 0 Å². The molecule has 0 aliphatic carbocycles. The van der Waals surface area contributed by atoms with Gasteiger partial charge in [-0.05, 0) is 36.8 Å². The molecule has 0 aliphatic heterocycles. The summed E-state index contributed by atoms with van der Waals surface area (Å²) in [6.07, 6.45) is 6.94. The minimum atomic E-state index is 0.246. The second-order valence-electron chi connectivity index (χ2n) is 4.43. The molecule has 1 aromatic carbocycles. The molecule has 5 heteroatoms. The normalized spacial score (nSPS) is 10.0. The molecule has 0 saturated carbocycles. The van der Waals surface area contributed by atoms with Gasteiger partial charge >= 0.3 is 0 Å². The summed E-state index contributed by atoms with van der Waals surface area (Å²) in [7, 11) is 0. The van der Waals surface area contributed by atoms with Crippen LogP contribution in [0.15, 0.2) is 34.9 Å². The molecule has 0 atom stereocenters. The molecule has 0 aliphatic rings. The summed E-state index contributed by atoms with van der Waals surface area (Å²) in [4.78, 5) is 4.12. The number of pyridine rings is 1. The van der Waals surface area contributed by atoms with Gasteiger partial charge in [-0.1, -0.05) is 33.5 Å². The third-order valence-corrected chi connectivity index (χ3v) is 3.72. The van der Waals surface area contributed by atoms with Crippen LogP contribution in [0.4, 0.5) is 5.69 Å². The van der Waals surface area contributed by atoms with Crippen molar-refractivity contribution in [3.8, 4) is 18.1 Å². The Balaban J connectivity index is 2.13. The number of nitrogens with one attached hydrogen (secondary N) is 1. The molecule has 0 fully saturated rings. The van der Waals surface area contributed by atoms with E-state index in [9.17, 15) is 0 Å². The van der Waals surface area contributed by atoms with Gasteiger partial charge < -0.3 is 10.1 Å². The number of rotatable bonds is 5. The Labute approximate surface area is 137 Å². The van der Waals surface area contributed by atoms with E-state index < -0.39 is 0 Å². The molecule has 0 spiro atoms. The molecule has 1 heterocycles. The van der Waals surface area contributed by atoms with E-state index in [2.05, 4.69) is 32.2 Å². The lowest BCUT2D eigenvalue weighted by atomic mass is 10.2. The van der Waals surface area contributed by atoms with Crippen LogP contribution in [0, 0.1) is 19.3 Å². The maximum Gasteiger partial charge on any atom is 0.148 e. The second-order valence-corrected chi connectivity index (χ2v) is 5.70. The highest BCUT2D eigenvalue weighted by atomic mass is 79.9. The predicted molar refractivity (Wildman–Crippen MR) is 89.8 cm³/mol. The zero-order chi connectivity index (χ0) is 15.2. The minimum absolute atomic E-state index is 0.246. The van der Waals surface area contributed by atoms with Crippen LogP contribution in [0.2, 0.25) is 5.15 Å². The first-order valence-electron chi connectivity index (χ1n) is 6.31. The summed E-state index contributed by atoms with van der Waals surface area (Å²) >= 11 is 9.38. The molecule has 1 aromatic heterocycles. The van der Waals surface area contributed by atoms with Gasteiger partial charge in [0, 0.05) is 16.6 Å². The Morgan fingerprint density at radius 3 is 2.95 bits per heavy atom. The van der Waals surface area contributed by atoms with Crippen molar-refractivity contribution in [3.63, 3.8) is 0 Å². The van der Waals surface area contributed by atoms with Gasteiger partial charge in [0.15, 0.2) is 0 Å². The van der Waals surface area contributed by atoms with Crippen molar-refractivity contribution >= 4 is 33.2 Å². The Morgan fingerprint density at radius 1 is 1.43 bits per heavy atom. The van der Waals surface area contributed by atoms with E-state index in [0.29, 0.717) is 11.7 Å². The number of aromatic nitrogens is 1. The van der Waals surface area contributed by atoms with Crippen LogP contribution >= 0.6 is 27.5 Å². The molecule has 3 nitrogen and oxygen atoms in total. The summed E-state index contributed by atoms with van der Waals surface area (Å²) in [6.45, 7) is 2.76. The molecule has 0 bridgehead atoms. The summed E-state index contributed by atoms with van der Waals surface area (Å²) in [5, 5.41) is 3.81.